The molecule has 0 aromatic rings. The van der Waals surface area contributed by atoms with Gasteiger partial charge in [0.1, 0.15) is 0 Å². The third-order valence-electron chi connectivity index (χ3n) is 4.26. The van der Waals surface area contributed by atoms with E-state index < -0.39 is 0 Å². The quantitative estimate of drug-likeness (QED) is 0.548. The zero-order valence-corrected chi connectivity index (χ0v) is 10.8. The molecule has 0 spiro atoms. The first-order chi connectivity index (χ1) is 8.06. The zero-order chi connectivity index (χ0) is 12.4. The van der Waals surface area contributed by atoms with E-state index in [4.69, 9.17) is 4.74 Å². The van der Waals surface area contributed by atoms with Crippen molar-refractivity contribution in [3.63, 3.8) is 0 Å². The van der Waals surface area contributed by atoms with Gasteiger partial charge in [0.05, 0.1) is 11.8 Å². The van der Waals surface area contributed by atoms with Gasteiger partial charge >= 0.3 is 11.9 Å². The average Bonchev–Trinajstić information content (AvgIpc) is 2.87. The maximum absolute atomic E-state index is 11.8. The van der Waals surface area contributed by atoms with E-state index >= 15 is 0 Å². The second-order valence-corrected chi connectivity index (χ2v) is 5.97. The summed E-state index contributed by atoms with van der Waals surface area (Å²) < 4.78 is 5.04. The molecule has 0 aliphatic heterocycles. The molecule has 2 saturated carbocycles. The highest BCUT2D eigenvalue weighted by Crippen LogP contribution is 2.33. The number of rotatable bonds is 2. The van der Waals surface area contributed by atoms with Crippen molar-refractivity contribution >= 4 is 11.9 Å². The Labute approximate surface area is 103 Å². The first-order valence-electron chi connectivity index (χ1n) is 6.81. The summed E-state index contributed by atoms with van der Waals surface area (Å²) in [6, 6.07) is 0. The summed E-state index contributed by atoms with van der Waals surface area (Å²) in [7, 11) is 0. The molecule has 4 atom stereocenters. The summed E-state index contributed by atoms with van der Waals surface area (Å²) in [6.07, 6.45) is 5.69. The topological polar surface area (TPSA) is 43.4 Å². The van der Waals surface area contributed by atoms with Gasteiger partial charge in [-0.15, -0.1) is 0 Å². The van der Waals surface area contributed by atoms with E-state index in [-0.39, 0.29) is 23.8 Å². The minimum atomic E-state index is -0.279. The first kappa shape index (κ1) is 12.6. The SMILES string of the molecule is CC1CCC(C(=O)OC(=O)C2CCC(C)C2)C1. The Kier molecular flexibility index (Phi) is 3.85. The highest BCUT2D eigenvalue weighted by atomic mass is 16.6. The van der Waals surface area contributed by atoms with Crippen LogP contribution >= 0.6 is 0 Å². The van der Waals surface area contributed by atoms with E-state index in [0.717, 1.165) is 38.5 Å². The van der Waals surface area contributed by atoms with Crippen LogP contribution in [0.4, 0.5) is 0 Å². The van der Waals surface area contributed by atoms with Gasteiger partial charge in [-0.05, 0) is 50.4 Å². The molecular weight excluding hydrogens is 216 g/mol. The van der Waals surface area contributed by atoms with Gasteiger partial charge in [-0.1, -0.05) is 13.8 Å². The molecule has 3 nitrogen and oxygen atoms in total. The van der Waals surface area contributed by atoms with Gasteiger partial charge in [0.2, 0.25) is 0 Å². The number of carbonyl (C=O) groups is 2. The molecule has 96 valence electrons. The smallest absolute Gasteiger partial charge is 0.316 e. The predicted octanol–water partition coefficient (Wildman–Crippen LogP) is 2.93. The second kappa shape index (κ2) is 5.19. The van der Waals surface area contributed by atoms with Crippen LogP contribution in [-0.4, -0.2) is 11.9 Å². The molecule has 0 amide bonds. The molecule has 0 bridgehead atoms. The maximum atomic E-state index is 11.8. The molecule has 2 aliphatic carbocycles. The lowest BCUT2D eigenvalue weighted by Crippen LogP contribution is -2.23. The molecule has 17 heavy (non-hydrogen) atoms. The Balaban J connectivity index is 1.80. The molecule has 0 saturated heterocycles. The van der Waals surface area contributed by atoms with Crippen molar-refractivity contribution in [2.45, 2.75) is 52.4 Å². The van der Waals surface area contributed by atoms with Crippen molar-refractivity contribution in [1.82, 2.24) is 0 Å². The summed E-state index contributed by atoms with van der Waals surface area (Å²) >= 11 is 0. The Morgan fingerprint density at radius 1 is 0.824 bits per heavy atom. The molecule has 2 rings (SSSR count). The van der Waals surface area contributed by atoms with Crippen LogP contribution in [0.5, 0.6) is 0 Å². The van der Waals surface area contributed by atoms with Crippen LogP contribution in [0.15, 0.2) is 0 Å². The fourth-order valence-corrected chi connectivity index (χ4v) is 3.11. The molecule has 2 fully saturated rings. The number of ether oxygens (including phenoxy) is 1. The molecule has 0 heterocycles. The van der Waals surface area contributed by atoms with Gasteiger partial charge in [-0.2, -0.15) is 0 Å². The van der Waals surface area contributed by atoms with E-state index in [2.05, 4.69) is 13.8 Å². The number of carbonyl (C=O) groups excluding carboxylic acids is 2. The van der Waals surface area contributed by atoms with E-state index in [9.17, 15) is 9.59 Å². The minimum absolute atomic E-state index is 0.0345. The Morgan fingerprint density at radius 3 is 1.53 bits per heavy atom. The van der Waals surface area contributed by atoms with Crippen LogP contribution < -0.4 is 0 Å². The van der Waals surface area contributed by atoms with E-state index in [1.54, 1.807) is 0 Å². The number of hydrogen-bond donors (Lipinski definition) is 0. The Bertz CT molecular complexity index is 281. The van der Waals surface area contributed by atoms with Crippen molar-refractivity contribution in [3.05, 3.63) is 0 Å². The molecule has 2 aliphatic rings. The second-order valence-electron chi connectivity index (χ2n) is 5.97. The fraction of sp³-hybridized carbons (Fsp3) is 0.857. The molecular formula is C14H22O3. The van der Waals surface area contributed by atoms with E-state index in [1.807, 2.05) is 0 Å². The number of hydrogen-bond acceptors (Lipinski definition) is 3. The van der Waals surface area contributed by atoms with Crippen LogP contribution in [-0.2, 0) is 14.3 Å². The highest BCUT2D eigenvalue weighted by molar-refractivity contribution is 5.88. The van der Waals surface area contributed by atoms with Crippen LogP contribution in [0.2, 0.25) is 0 Å². The van der Waals surface area contributed by atoms with E-state index in [0.29, 0.717) is 11.8 Å². The van der Waals surface area contributed by atoms with Crippen LogP contribution in [0.1, 0.15) is 52.4 Å². The van der Waals surface area contributed by atoms with Crippen molar-refractivity contribution in [3.8, 4) is 0 Å². The summed E-state index contributed by atoms with van der Waals surface area (Å²) in [5, 5.41) is 0. The van der Waals surface area contributed by atoms with Crippen molar-refractivity contribution in [2.24, 2.45) is 23.7 Å². The van der Waals surface area contributed by atoms with Gasteiger partial charge < -0.3 is 4.74 Å². The molecule has 0 aromatic heterocycles. The Hall–Kier alpha value is -0.860. The van der Waals surface area contributed by atoms with Crippen molar-refractivity contribution in [1.29, 1.82) is 0 Å². The maximum Gasteiger partial charge on any atom is 0.316 e. The van der Waals surface area contributed by atoms with Crippen LogP contribution in [0, 0.1) is 23.7 Å². The molecule has 0 radical (unpaired) electrons. The average molecular weight is 238 g/mol. The van der Waals surface area contributed by atoms with Crippen molar-refractivity contribution < 1.29 is 14.3 Å². The largest absolute Gasteiger partial charge is 0.393 e. The predicted molar refractivity (Wildman–Crippen MR) is 64.1 cm³/mol. The van der Waals surface area contributed by atoms with Gasteiger partial charge in [0, 0.05) is 0 Å². The van der Waals surface area contributed by atoms with Gasteiger partial charge in [-0.25, -0.2) is 0 Å². The van der Waals surface area contributed by atoms with Crippen LogP contribution in [0.25, 0.3) is 0 Å². The van der Waals surface area contributed by atoms with Gasteiger partial charge in [0.15, 0.2) is 0 Å². The normalized spacial score (nSPS) is 37.1. The molecule has 4 unspecified atom stereocenters. The zero-order valence-electron chi connectivity index (χ0n) is 10.8. The monoisotopic (exact) mass is 238 g/mol. The third-order valence-corrected chi connectivity index (χ3v) is 4.26. The van der Waals surface area contributed by atoms with Crippen molar-refractivity contribution in [2.75, 3.05) is 0 Å². The third kappa shape index (κ3) is 3.08. The fourth-order valence-electron chi connectivity index (χ4n) is 3.11. The molecule has 3 heteroatoms. The summed E-state index contributed by atoms with van der Waals surface area (Å²) in [4.78, 5) is 23.6. The standard InChI is InChI=1S/C14H22O3/c1-9-3-5-11(7-9)13(15)17-14(16)12-6-4-10(2)8-12/h9-12H,3-8H2,1-2H3. The lowest BCUT2D eigenvalue weighted by molar-refractivity contribution is -0.165. The van der Waals surface area contributed by atoms with Gasteiger partial charge in [-0.3, -0.25) is 9.59 Å². The lowest BCUT2D eigenvalue weighted by atomic mass is 10.1. The molecule has 0 N–H and O–H groups in total. The van der Waals surface area contributed by atoms with Crippen LogP contribution in [0.3, 0.4) is 0 Å². The highest BCUT2D eigenvalue weighted by Gasteiger charge is 2.34. The van der Waals surface area contributed by atoms with E-state index in [1.165, 1.54) is 0 Å². The van der Waals surface area contributed by atoms with Gasteiger partial charge in [0.25, 0.3) is 0 Å². The summed E-state index contributed by atoms with van der Waals surface area (Å²) in [5.41, 5.74) is 0. The summed E-state index contributed by atoms with van der Waals surface area (Å²) in [6.45, 7) is 4.29. The number of esters is 2. The lowest BCUT2D eigenvalue weighted by Gasteiger charge is -2.11. The minimum Gasteiger partial charge on any atom is -0.393 e. The Morgan fingerprint density at radius 2 is 1.24 bits per heavy atom. The first-order valence-corrected chi connectivity index (χ1v) is 6.81. The molecule has 0 aromatic carbocycles. The summed E-state index contributed by atoms with van der Waals surface area (Å²) in [5.74, 6) is 0.557.